The number of aromatic nitrogens is 1. The Bertz CT molecular complexity index is 432. The second-order valence-electron chi connectivity index (χ2n) is 4.95. The predicted molar refractivity (Wildman–Crippen MR) is 81.4 cm³/mol. The molecule has 1 saturated carbocycles. The highest BCUT2D eigenvalue weighted by atomic mass is 32.1. The van der Waals surface area contributed by atoms with Gasteiger partial charge in [0.15, 0.2) is 0 Å². The fraction of sp³-hybridized carbons (Fsp3) is 0.571. The highest BCUT2D eigenvalue weighted by Crippen LogP contribution is 2.27. The van der Waals surface area contributed by atoms with Crippen molar-refractivity contribution in [2.24, 2.45) is 5.73 Å². The Morgan fingerprint density at radius 1 is 1.42 bits per heavy atom. The van der Waals surface area contributed by atoms with Gasteiger partial charge in [-0.25, -0.2) is 4.98 Å². The molecule has 0 amide bonds. The molecule has 0 radical (unpaired) electrons. The van der Waals surface area contributed by atoms with Gasteiger partial charge in [-0.15, -0.1) is 0 Å². The van der Waals surface area contributed by atoms with Crippen molar-refractivity contribution in [1.29, 1.82) is 0 Å². The standard InChI is InChI=1S/C14H21N3OS/c15-13(19)12-7-4-8-16-14(12)17(9-10-18)11-5-2-1-3-6-11/h4,7-8,11,18H,1-3,5-6,9-10H2,(H2,15,19). The van der Waals surface area contributed by atoms with Crippen LogP contribution in [-0.4, -0.2) is 34.3 Å². The van der Waals surface area contributed by atoms with Crippen molar-refractivity contribution in [2.45, 2.75) is 38.1 Å². The summed E-state index contributed by atoms with van der Waals surface area (Å²) in [5, 5.41) is 9.32. The number of hydrogen-bond acceptors (Lipinski definition) is 4. The van der Waals surface area contributed by atoms with E-state index >= 15 is 0 Å². The molecule has 4 nitrogen and oxygen atoms in total. The fourth-order valence-corrected chi connectivity index (χ4v) is 2.94. The maximum absolute atomic E-state index is 9.32. The van der Waals surface area contributed by atoms with Gasteiger partial charge in [0.05, 0.1) is 12.2 Å². The van der Waals surface area contributed by atoms with Gasteiger partial charge in [0.2, 0.25) is 0 Å². The molecule has 1 aromatic heterocycles. The minimum absolute atomic E-state index is 0.115. The van der Waals surface area contributed by atoms with Crippen LogP contribution in [-0.2, 0) is 0 Å². The molecular weight excluding hydrogens is 258 g/mol. The summed E-state index contributed by atoms with van der Waals surface area (Å²) in [7, 11) is 0. The third kappa shape index (κ3) is 3.42. The number of thiocarbonyl (C=S) groups is 1. The second-order valence-corrected chi connectivity index (χ2v) is 5.39. The molecule has 2 rings (SSSR count). The first-order chi connectivity index (χ1) is 9.24. The Kier molecular flexibility index (Phi) is 5.10. The zero-order chi connectivity index (χ0) is 13.7. The number of aliphatic hydroxyl groups is 1. The molecule has 19 heavy (non-hydrogen) atoms. The molecule has 1 aliphatic carbocycles. The number of nitrogens with two attached hydrogens (primary N) is 1. The molecule has 0 aliphatic heterocycles. The maximum Gasteiger partial charge on any atom is 0.139 e. The summed E-state index contributed by atoms with van der Waals surface area (Å²) < 4.78 is 0. The summed E-state index contributed by atoms with van der Waals surface area (Å²) >= 11 is 5.10. The smallest absolute Gasteiger partial charge is 0.139 e. The van der Waals surface area contributed by atoms with Crippen LogP contribution in [0.3, 0.4) is 0 Å². The van der Waals surface area contributed by atoms with Crippen LogP contribution in [0.2, 0.25) is 0 Å². The summed E-state index contributed by atoms with van der Waals surface area (Å²) in [6.07, 6.45) is 7.82. The SMILES string of the molecule is NC(=S)c1cccnc1N(CCO)C1CCCCC1. The lowest BCUT2D eigenvalue weighted by Crippen LogP contribution is -2.40. The first-order valence-electron chi connectivity index (χ1n) is 6.86. The summed E-state index contributed by atoms with van der Waals surface area (Å²) in [6.45, 7) is 0.696. The van der Waals surface area contributed by atoms with Crippen molar-refractivity contribution in [3.8, 4) is 0 Å². The molecule has 0 atom stereocenters. The number of nitrogens with zero attached hydrogens (tertiary/aromatic N) is 2. The quantitative estimate of drug-likeness (QED) is 0.805. The topological polar surface area (TPSA) is 62.4 Å². The van der Waals surface area contributed by atoms with Gasteiger partial charge in [0.25, 0.3) is 0 Å². The van der Waals surface area contributed by atoms with Crippen LogP contribution in [0.15, 0.2) is 18.3 Å². The van der Waals surface area contributed by atoms with E-state index < -0.39 is 0 Å². The van der Waals surface area contributed by atoms with Gasteiger partial charge in [-0.05, 0) is 25.0 Å². The van der Waals surface area contributed by atoms with Crippen LogP contribution >= 0.6 is 12.2 Å². The minimum Gasteiger partial charge on any atom is -0.395 e. The Labute approximate surface area is 119 Å². The van der Waals surface area contributed by atoms with Gasteiger partial charge >= 0.3 is 0 Å². The molecule has 0 saturated heterocycles. The molecule has 0 aromatic carbocycles. The molecule has 0 bridgehead atoms. The molecule has 0 unspecified atom stereocenters. The Morgan fingerprint density at radius 3 is 2.79 bits per heavy atom. The van der Waals surface area contributed by atoms with E-state index in [2.05, 4.69) is 9.88 Å². The van der Waals surface area contributed by atoms with Crippen LogP contribution in [0.5, 0.6) is 0 Å². The molecule has 1 aliphatic rings. The van der Waals surface area contributed by atoms with Gasteiger partial charge in [-0.3, -0.25) is 0 Å². The molecule has 1 aromatic rings. The van der Waals surface area contributed by atoms with E-state index in [0.29, 0.717) is 17.6 Å². The molecule has 0 spiro atoms. The van der Waals surface area contributed by atoms with E-state index in [-0.39, 0.29) is 6.61 Å². The summed E-state index contributed by atoms with van der Waals surface area (Å²) in [5.41, 5.74) is 6.58. The number of anilines is 1. The fourth-order valence-electron chi connectivity index (χ4n) is 2.78. The summed E-state index contributed by atoms with van der Waals surface area (Å²) in [5.74, 6) is 0.816. The second kappa shape index (κ2) is 6.82. The van der Waals surface area contributed by atoms with Gasteiger partial charge in [0.1, 0.15) is 10.8 Å². The van der Waals surface area contributed by atoms with Crippen molar-refractivity contribution < 1.29 is 5.11 Å². The van der Waals surface area contributed by atoms with E-state index in [1.54, 1.807) is 6.20 Å². The van der Waals surface area contributed by atoms with E-state index in [9.17, 15) is 5.11 Å². The highest BCUT2D eigenvalue weighted by molar-refractivity contribution is 7.80. The van der Waals surface area contributed by atoms with Gasteiger partial charge in [0, 0.05) is 18.8 Å². The molecule has 5 heteroatoms. The number of rotatable bonds is 5. The Balaban J connectivity index is 2.29. The Hall–Kier alpha value is -1.20. The molecular formula is C14H21N3OS. The molecule has 1 heterocycles. The predicted octanol–water partition coefficient (Wildman–Crippen LogP) is 1.85. The van der Waals surface area contributed by atoms with E-state index in [1.807, 2.05) is 12.1 Å². The van der Waals surface area contributed by atoms with Crippen molar-refractivity contribution in [1.82, 2.24) is 4.98 Å². The summed E-state index contributed by atoms with van der Waals surface area (Å²) in [6, 6.07) is 4.18. The third-order valence-corrected chi connectivity index (χ3v) is 3.90. The van der Waals surface area contributed by atoms with Crippen molar-refractivity contribution >= 4 is 23.0 Å². The van der Waals surface area contributed by atoms with E-state index in [0.717, 1.165) is 24.2 Å². The normalized spacial score (nSPS) is 16.3. The third-order valence-electron chi connectivity index (χ3n) is 3.68. The summed E-state index contributed by atoms with van der Waals surface area (Å²) in [4.78, 5) is 6.98. The van der Waals surface area contributed by atoms with Crippen LogP contribution in [0.1, 0.15) is 37.7 Å². The van der Waals surface area contributed by atoms with E-state index in [1.165, 1.54) is 19.3 Å². The van der Waals surface area contributed by atoms with Crippen molar-refractivity contribution in [3.05, 3.63) is 23.9 Å². The highest BCUT2D eigenvalue weighted by Gasteiger charge is 2.24. The minimum atomic E-state index is 0.115. The number of aliphatic hydroxyl groups excluding tert-OH is 1. The zero-order valence-electron chi connectivity index (χ0n) is 11.1. The molecule has 3 N–H and O–H groups in total. The van der Waals surface area contributed by atoms with Crippen LogP contribution in [0, 0.1) is 0 Å². The lowest BCUT2D eigenvalue weighted by molar-refractivity contribution is 0.289. The average Bonchev–Trinajstić information content (AvgIpc) is 2.45. The van der Waals surface area contributed by atoms with Crippen molar-refractivity contribution in [3.63, 3.8) is 0 Å². The van der Waals surface area contributed by atoms with E-state index in [4.69, 9.17) is 18.0 Å². The Morgan fingerprint density at radius 2 is 2.16 bits per heavy atom. The first kappa shape index (κ1) is 14.2. The first-order valence-corrected chi connectivity index (χ1v) is 7.27. The molecule has 104 valence electrons. The van der Waals surface area contributed by atoms with Gasteiger partial charge < -0.3 is 15.7 Å². The average molecular weight is 279 g/mol. The monoisotopic (exact) mass is 279 g/mol. The largest absolute Gasteiger partial charge is 0.395 e. The van der Waals surface area contributed by atoms with Gasteiger partial charge in [-0.1, -0.05) is 31.5 Å². The van der Waals surface area contributed by atoms with Crippen LogP contribution in [0.4, 0.5) is 5.82 Å². The number of hydrogen-bond donors (Lipinski definition) is 2. The maximum atomic E-state index is 9.32. The number of pyridine rings is 1. The lowest BCUT2D eigenvalue weighted by Gasteiger charge is -2.35. The van der Waals surface area contributed by atoms with Crippen molar-refractivity contribution in [2.75, 3.05) is 18.1 Å². The lowest BCUT2D eigenvalue weighted by atomic mass is 9.94. The van der Waals surface area contributed by atoms with Crippen LogP contribution in [0.25, 0.3) is 0 Å². The zero-order valence-corrected chi connectivity index (χ0v) is 11.9. The van der Waals surface area contributed by atoms with Gasteiger partial charge in [-0.2, -0.15) is 0 Å². The van der Waals surface area contributed by atoms with Crippen LogP contribution < -0.4 is 10.6 Å². The molecule has 1 fully saturated rings.